The lowest BCUT2D eigenvalue weighted by molar-refractivity contribution is -0.133. The molecule has 24 heavy (non-hydrogen) atoms. The number of urea groups is 1. The Balaban J connectivity index is 1.44. The molecule has 0 aromatic heterocycles. The minimum absolute atomic E-state index is 0.204. The zero-order valence-corrected chi connectivity index (χ0v) is 13.8. The Morgan fingerprint density at radius 2 is 1.58 bits per heavy atom. The molecule has 1 aliphatic carbocycles. The van der Waals surface area contributed by atoms with Crippen molar-refractivity contribution in [3.63, 3.8) is 0 Å². The highest BCUT2D eigenvalue weighted by atomic mass is 19.1. The number of hydrogen-bond acceptors (Lipinski definition) is 2. The molecule has 0 radical (unpaired) electrons. The highest BCUT2D eigenvalue weighted by molar-refractivity contribution is 5.89. The summed E-state index contributed by atoms with van der Waals surface area (Å²) in [5.41, 5.74) is 0.570. The van der Waals surface area contributed by atoms with E-state index in [4.69, 9.17) is 0 Å². The Kier molecular flexibility index (Phi) is 5.33. The monoisotopic (exact) mass is 333 g/mol. The Hall–Kier alpha value is -2.11. The number of carbonyl (C=O) groups is 2. The fraction of sp³-hybridized carbons (Fsp3) is 0.556. The first-order valence-electron chi connectivity index (χ1n) is 8.71. The molecule has 1 N–H and O–H groups in total. The van der Waals surface area contributed by atoms with Crippen molar-refractivity contribution >= 4 is 17.6 Å². The molecule has 6 heteroatoms. The largest absolute Gasteiger partial charge is 0.339 e. The second-order valence-corrected chi connectivity index (χ2v) is 6.66. The van der Waals surface area contributed by atoms with Crippen LogP contribution in [0.1, 0.15) is 32.1 Å². The summed E-state index contributed by atoms with van der Waals surface area (Å²) < 4.78 is 12.9. The molecule has 2 aliphatic rings. The smallest absolute Gasteiger partial charge is 0.321 e. The molecule has 5 nitrogen and oxygen atoms in total. The second kappa shape index (κ2) is 7.64. The standard InChI is InChI=1S/C18H24FN3O2/c19-15-5-7-16(8-6-15)20-18(24)22-11-9-21(10-12-22)17(23)13-14-3-1-2-4-14/h5-8,14H,1-4,9-13H2,(H,20,24). The second-order valence-electron chi connectivity index (χ2n) is 6.66. The first-order valence-corrected chi connectivity index (χ1v) is 8.71. The van der Waals surface area contributed by atoms with Crippen molar-refractivity contribution in [3.8, 4) is 0 Å². The highest BCUT2D eigenvalue weighted by Crippen LogP contribution is 2.28. The summed E-state index contributed by atoms with van der Waals surface area (Å²) in [6.07, 6.45) is 5.49. The predicted molar refractivity (Wildman–Crippen MR) is 90.1 cm³/mol. The summed E-state index contributed by atoms with van der Waals surface area (Å²) in [5.74, 6) is 0.445. The van der Waals surface area contributed by atoms with Crippen LogP contribution in [0, 0.1) is 11.7 Å². The summed E-state index contributed by atoms with van der Waals surface area (Å²) in [4.78, 5) is 28.1. The summed E-state index contributed by atoms with van der Waals surface area (Å²) in [5, 5.41) is 2.76. The summed E-state index contributed by atoms with van der Waals surface area (Å²) >= 11 is 0. The van der Waals surface area contributed by atoms with Crippen molar-refractivity contribution in [1.29, 1.82) is 0 Å². The maximum atomic E-state index is 12.9. The average Bonchev–Trinajstić information content (AvgIpc) is 3.10. The van der Waals surface area contributed by atoms with Gasteiger partial charge in [-0.05, 0) is 43.0 Å². The SMILES string of the molecule is O=C(CC1CCCC1)N1CCN(C(=O)Nc2ccc(F)cc2)CC1. The van der Waals surface area contributed by atoms with E-state index in [1.165, 1.54) is 49.9 Å². The molecule has 0 spiro atoms. The van der Waals surface area contributed by atoms with Gasteiger partial charge in [-0.3, -0.25) is 4.79 Å². The number of nitrogens with zero attached hydrogens (tertiary/aromatic N) is 2. The van der Waals surface area contributed by atoms with Gasteiger partial charge in [0, 0.05) is 38.3 Å². The third kappa shape index (κ3) is 4.24. The van der Waals surface area contributed by atoms with Crippen LogP contribution in [0.25, 0.3) is 0 Å². The van der Waals surface area contributed by atoms with E-state index in [1.807, 2.05) is 4.90 Å². The Morgan fingerprint density at radius 3 is 2.21 bits per heavy atom. The Bertz CT molecular complexity index is 576. The number of piperazine rings is 1. The molecule has 1 aromatic rings. The number of carbonyl (C=O) groups excluding carboxylic acids is 2. The minimum atomic E-state index is -0.331. The molecule has 3 amide bonds. The van der Waals surface area contributed by atoms with Crippen LogP contribution < -0.4 is 5.32 Å². The fourth-order valence-corrected chi connectivity index (χ4v) is 3.49. The fourth-order valence-electron chi connectivity index (χ4n) is 3.49. The topological polar surface area (TPSA) is 52.7 Å². The van der Waals surface area contributed by atoms with Crippen LogP contribution >= 0.6 is 0 Å². The van der Waals surface area contributed by atoms with Gasteiger partial charge in [0.2, 0.25) is 5.91 Å². The third-order valence-electron chi connectivity index (χ3n) is 4.95. The van der Waals surface area contributed by atoms with Gasteiger partial charge in [-0.2, -0.15) is 0 Å². The Morgan fingerprint density at radius 1 is 1.00 bits per heavy atom. The first-order chi connectivity index (χ1) is 11.6. The first kappa shape index (κ1) is 16.7. The maximum absolute atomic E-state index is 12.9. The molecular formula is C18H24FN3O2. The Labute approximate surface area is 141 Å². The number of hydrogen-bond donors (Lipinski definition) is 1. The molecule has 0 bridgehead atoms. The van der Waals surface area contributed by atoms with Gasteiger partial charge >= 0.3 is 6.03 Å². The molecule has 2 fully saturated rings. The van der Waals surface area contributed by atoms with Crippen LogP contribution in [0.4, 0.5) is 14.9 Å². The molecule has 1 aromatic carbocycles. The van der Waals surface area contributed by atoms with E-state index in [9.17, 15) is 14.0 Å². The van der Waals surface area contributed by atoms with Crippen LogP contribution in [-0.4, -0.2) is 47.9 Å². The van der Waals surface area contributed by atoms with E-state index < -0.39 is 0 Å². The highest BCUT2D eigenvalue weighted by Gasteiger charge is 2.26. The van der Waals surface area contributed by atoms with Gasteiger partial charge in [-0.1, -0.05) is 12.8 Å². The zero-order valence-electron chi connectivity index (χ0n) is 13.8. The predicted octanol–water partition coefficient (Wildman–Crippen LogP) is 3.08. The molecule has 1 aliphatic heterocycles. The van der Waals surface area contributed by atoms with Crippen molar-refractivity contribution < 1.29 is 14.0 Å². The van der Waals surface area contributed by atoms with E-state index in [-0.39, 0.29) is 17.8 Å². The van der Waals surface area contributed by atoms with Crippen molar-refractivity contribution in [1.82, 2.24) is 9.80 Å². The lowest BCUT2D eigenvalue weighted by Gasteiger charge is -2.35. The summed E-state index contributed by atoms with van der Waals surface area (Å²) in [6, 6.07) is 5.50. The maximum Gasteiger partial charge on any atom is 0.321 e. The number of nitrogens with one attached hydrogen (secondary N) is 1. The van der Waals surface area contributed by atoms with Crippen LogP contribution in [0.3, 0.4) is 0 Å². The number of benzene rings is 1. The van der Waals surface area contributed by atoms with Crippen molar-refractivity contribution in [2.24, 2.45) is 5.92 Å². The van der Waals surface area contributed by atoms with E-state index in [2.05, 4.69) is 5.32 Å². The normalized spacial score (nSPS) is 18.7. The molecule has 1 saturated carbocycles. The van der Waals surface area contributed by atoms with Crippen molar-refractivity contribution in [3.05, 3.63) is 30.1 Å². The van der Waals surface area contributed by atoms with Crippen LogP contribution in [-0.2, 0) is 4.79 Å². The van der Waals surface area contributed by atoms with Crippen LogP contribution in [0.5, 0.6) is 0 Å². The van der Waals surface area contributed by atoms with E-state index in [1.54, 1.807) is 4.90 Å². The van der Waals surface area contributed by atoms with E-state index >= 15 is 0 Å². The van der Waals surface area contributed by atoms with Gasteiger partial charge in [-0.15, -0.1) is 0 Å². The average molecular weight is 333 g/mol. The summed E-state index contributed by atoms with van der Waals surface area (Å²) in [6.45, 7) is 2.23. The lowest BCUT2D eigenvalue weighted by Crippen LogP contribution is -2.51. The van der Waals surface area contributed by atoms with E-state index in [0.29, 0.717) is 44.2 Å². The number of amides is 3. The molecule has 3 rings (SSSR count). The van der Waals surface area contributed by atoms with Crippen LogP contribution in [0.15, 0.2) is 24.3 Å². The molecule has 1 heterocycles. The van der Waals surface area contributed by atoms with Gasteiger partial charge in [0.05, 0.1) is 0 Å². The third-order valence-corrected chi connectivity index (χ3v) is 4.95. The van der Waals surface area contributed by atoms with Crippen molar-refractivity contribution in [2.75, 3.05) is 31.5 Å². The van der Waals surface area contributed by atoms with Gasteiger partial charge in [0.25, 0.3) is 0 Å². The minimum Gasteiger partial charge on any atom is -0.339 e. The van der Waals surface area contributed by atoms with Gasteiger partial charge in [0.15, 0.2) is 0 Å². The summed E-state index contributed by atoms with van der Waals surface area (Å²) in [7, 11) is 0. The molecule has 0 unspecified atom stereocenters. The molecular weight excluding hydrogens is 309 g/mol. The molecule has 1 saturated heterocycles. The van der Waals surface area contributed by atoms with Crippen molar-refractivity contribution in [2.45, 2.75) is 32.1 Å². The molecule has 0 atom stereocenters. The van der Waals surface area contributed by atoms with E-state index in [0.717, 1.165) is 0 Å². The number of rotatable bonds is 3. The van der Waals surface area contributed by atoms with Gasteiger partial charge < -0.3 is 15.1 Å². The van der Waals surface area contributed by atoms with Crippen LogP contribution in [0.2, 0.25) is 0 Å². The quantitative estimate of drug-likeness (QED) is 0.924. The van der Waals surface area contributed by atoms with Gasteiger partial charge in [0.1, 0.15) is 5.82 Å². The zero-order chi connectivity index (χ0) is 16.9. The lowest BCUT2D eigenvalue weighted by atomic mass is 10.0. The molecule has 130 valence electrons. The number of anilines is 1. The van der Waals surface area contributed by atoms with Gasteiger partial charge in [-0.25, -0.2) is 9.18 Å². The number of halogens is 1.